The maximum absolute atomic E-state index is 12.4. The van der Waals surface area contributed by atoms with Crippen LogP contribution in [0.5, 0.6) is 0 Å². The van der Waals surface area contributed by atoms with E-state index in [1.807, 2.05) is 74.5 Å². The molecular weight excluding hydrogens is 316 g/mol. The Morgan fingerprint density at radius 3 is 2.00 bits per heavy atom. The van der Waals surface area contributed by atoms with Crippen LogP contribution in [0, 0.1) is 0 Å². The molecule has 0 saturated carbocycles. The van der Waals surface area contributed by atoms with Crippen LogP contribution >= 0.6 is 0 Å². The van der Waals surface area contributed by atoms with Crippen LogP contribution in [0.1, 0.15) is 25.0 Å². The Morgan fingerprint density at radius 2 is 1.44 bits per heavy atom. The van der Waals surface area contributed by atoms with Crippen LogP contribution in [0.25, 0.3) is 0 Å². The molecule has 0 aliphatic rings. The van der Waals surface area contributed by atoms with E-state index in [4.69, 9.17) is 4.74 Å². The Labute approximate surface area is 148 Å². The molecule has 0 radical (unpaired) electrons. The van der Waals surface area contributed by atoms with Gasteiger partial charge < -0.3 is 15.4 Å². The number of amides is 2. The number of nitrogens with one attached hydrogen (secondary N) is 2. The van der Waals surface area contributed by atoms with Gasteiger partial charge in [-0.25, -0.2) is 4.79 Å². The third-order valence-corrected chi connectivity index (χ3v) is 3.53. The van der Waals surface area contributed by atoms with Crippen molar-refractivity contribution < 1.29 is 14.3 Å². The minimum absolute atomic E-state index is 0.00656. The molecule has 2 aromatic carbocycles. The zero-order chi connectivity index (χ0) is 18.1. The van der Waals surface area contributed by atoms with Gasteiger partial charge in [-0.2, -0.15) is 0 Å². The minimum Gasteiger partial charge on any atom is -0.445 e. The van der Waals surface area contributed by atoms with Crippen molar-refractivity contribution in [1.82, 2.24) is 10.6 Å². The van der Waals surface area contributed by atoms with E-state index in [1.54, 1.807) is 0 Å². The highest BCUT2D eigenvalue weighted by atomic mass is 16.5. The standard InChI is InChI=1S/C20H24N2O3/c1-15(2)21-19(23)18(13-16-9-5-3-6-10-16)22-20(24)25-14-17-11-7-4-8-12-17/h3-12,15,18H,13-14H2,1-2H3,(H,21,23)(H,22,24). The molecule has 2 N–H and O–H groups in total. The van der Waals surface area contributed by atoms with Crippen LogP contribution in [-0.4, -0.2) is 24.1 Å². The SMILES string of the molecule is CC(C)NC(=O)C(Cc1ccccc1)NC(=O)OCc1ccccc1. The van der Waals surface area contributed by atoms with Gasteiger partial charge in [0.15, 0.2) is 0 Å². The molecule has 2 aromatic rings. The van der Waals surface area contributed by atoms with Crippen molar-refractivity contribution in [3.63, 3.8) is 0 Å². The van der Waals surface area contributed by atoms with E-state index < -0.39 is 12.1 Å². The molecule has 5 heteroatoms. The zero-order valence-corrected chi connectivity index (χ0v) is 14.6. The van der Waals surface area contributed by atoms with Gasteiger partial charge in [0.25, 0.3) is 0 Å². The molecule has 5 nitrogen and oxygen atoms in total. The number of carbonyl (C=O) groups excluding carboxylic acids is 2. The third kappa shape index (κ3) is 6.67. The highest BCUT2D eigenvalue weighted by molar-refractivity contribution is 5.86. The zero-order valence-electron chi connectivity index (χ0n) is 14.6. The molecule has 0 bridgehead atoms. The Hall–Kier alpha value is -2.82. The van der Waals surface area contributed by atoms with E-state index in [0.29, 0.717) is 6.42 Å². The Morgan fingerprint density at radius 1 is 0.880 bits per heavy atom. The lowest BCUT2D eigenvalue weighted by atomic mass is 10.1. The lowest BCUT2D eigenvalue weighted by Crippen LogP contribution is -2.49. The number of hydrogen-bond donors (Lipinski definition) is 2. The molecule has 132 valence electrons. The number of ether oxygens (including phenoxy) is 1. The van der Waals surface area contributed by atoms with Crippen LogP contribution in [0.15, 0.2) is 60.7 Å². The Bertz CT molecular complexity index is 672. The molecule has 0 aromatic heterocycles. The number of alkyl carbamates (subject to hydrolysis) is 1. The van der Waals surface area contributed by atoms with E-state index in [-0.39, 0.29) is 18.6 Å². The topological polar surface area (TPSA) is 67.4 Å². The smallest absolute Gasteiger partial charge is 0.408 e. The Balaban J connectivity index is 1.96. The van der Waals surface area contributed by atoms with Crippen LogP contribution in [0.3, 0.4) is 0 Å². The molecule has 0 saturated heterocycles. The van der Waals surface area contributed by atoms with Crippen LogP contribution in [0.4, 0.5) is 4.79 Å². The normalized spacial score (nSPS) is 11.6. The van der Waals surface area contributed by atoms with Gasteiger partial charge in [0, 0.05) is 12.5 Å². The average molecular weight is 340 g/mol. The van der Waals surface area contributed by atoms with Crippen LogP contribution in [0.2, 0.25) is 0 Å². The molecule has 1 unspecified atom stereocenters. The summed E-state index contributed by atoms with van der Waals surface area (Å²) in [5.41, 5.74) is 1.86. The maximum Gasteiger partial charge on any atom is 0.408 e. The van der Waals surface area contributed by atoms with E-state index in [9.17, 15) is 9.59 Å². The summed E-state index contributed by atoms with van der Waals surface area (Å²) in [5, 5.41) is 5.50. The number of benzene rings is 2. The second kappa shape index (κ2) is 9.47. The summed E-state index contributed by atoms with van der Waals surface area (Å²) < 4.78 is 5.22. The molecule has 0 fully saturated rings. The monoisotopic (exact) mass is 340 g/mol. The number of rotatable bonds is 7. The van der Waals surface area contributed by atoms with E-state index >= 15 is 0 Å². The molecule has 1 atom stereocenters. The van der Waals surface area contributed by atoms with Crippen LogP contribution in [-0.2, 0) is 22.6 Å². The summed E-state index contributed by atoms with van der Waals surface area (Å²) in [6.07, 6.45) is -0.205. The first-order valence-corrected chi connectivity index (χ1v) is 8.36. The lowest BCUT2D eigenvalue weighted by Gasteiger charge is -2.20. The van der Waals surface area contributed by atoms with Crippen molar-refractivity contribution in [3.05, 3.63) is 71.8 Å². The third-order valence-electron chi connectivity index (χ3n) is 3.53. The van der Waals surface area contributed by atoms with Gasteiger partial charge in [-0.1, -0.05) is 60.7 Å². The fourth-order valence-corrected chi connectivity index (χ4v) is 2.35. The molecule has 0 aliphatic carbocycles. The quantitative estimate of drug-likeness (QED) is 0.814. The highest BCUT2D eigenvalue weighted by Gasteiger charge is 2.22. The first-order chi connectivity index (χ1) is 12.0. The summed E-state index contributed by atoms with van der Waals surface area (Å²) in [5.74, 6) is -0.226. The molecule has 0 aliphatic heterocycles. The van der Waals surface area contributed by atoms with E-state index in [2.05, 4.69) is 10.6 Å². The first kappa shape index (κ1) is 18.5. The summed E-state index contributed by atoms with van der Waals surface area (Å²) in [6, 6.07) is 18.3. The summed E-state index contributed by atoms with van der Waals surface area (Å²) in [4.78, 5) is 24.5. The van der Waals surface area contributed by atoms with Gasteiger partial charge in [-0.15, -0.1) is 0 Å². The fraction of sp³-hybridized carbons (Fsp3) is 0.300. The predicted molar refractivity (Wildman–Crippen MR) is 97.0 cm³/mol. The summed E-state index contributed by atoms with van der Waals surface area (Å²) in [7, 11) is 0. The summed E-state index contributed by atoms with van der Waals surface area (Å²) in [6.45, 7) is 3.92. The summed E-state index contributed by atoms with van der Waals surface area (Å²) >= 11 is 0. The number of hydrogen-bond acceptors (Lipinski definition) is 3. The molecular formula is C20H24N2O3. The van der Waals surface area contributed by atoms with Crippen molar-refractivity contribution >= 4 is 12.0 Å². The fourth-order valence-electron chi connectivity index (χ4n) is 2.35. The first-order valence-electron chi connectivity index (χ1n) is 8.36. The van der Waals surface area contributed by atoms with Gasteiger partial charge in [0.05, 0.1) is 0 Å². The van der Waals surface area contributed by atoms with Gasteiger partial charge in [0.1, 0.15) is 12.6 Å². The van der Waals surface area contributed by atoms with Crippen molar-refractivity contribution in [2.24, 2.45) is 0 Å². The van der Waals surface area contributed by atoms with Gasteiger partial charge in [0.2, 0.25) is 5.91 Å². The van der Waals surface area contributed by atoms with Crippen molar-refractivity contribution in [2.75, 3.05) is 0 Å². The molecule has 2 amide bonds. The van der Waals surface area contributed by atoms with Gasteiger partial charge >= 0.3 is 6.09 Å². The lowest BCUT2D eigenvalue weighted by molar-refractivity contribution is -0.123. The maximum atomic E-state index is 12.4. The molecule has 2 rings (SSSR count). The highest BCUT2D eigenvalue weighted by Crippen LogP contribution is 2.05. The van der Waals surface area contributed by atoms with E-state index in [0.717, 1.165) is 11.1 Å². The van der Waals surface area contributed by atoms with Crippen molar-refractivity contribution in [2.45, 2.75) is 39.0 Å². The second-order valence-electron chi connectivity index (χ2n) is 6.11. The molecule has 0 spiro atoms. The van der Waals surface area contributed by atoms with E-state index in [1.165, 1.54) is 0 Å². The molecule has 25 heavy (non-hydrogen) atoms. The van der Waals surface area contributed by atoms with Crippen LogP contribution < -0.4 is 10.6 Å². The molecule has 0 heterocycles. The number of carbonyl (C=O) groups is 2. The Kier molecular flexibility index (Phi) is 7.01. The van der Waals surface area contributed by atoms with Gasteiger partial charge in [-0.3, -0.25) is 4.79 Å². The second-order valence-corrected chi connectivity index (χ2v) is 6.11. The van der Waals surface area contributed by atoms with Gasteiger partial charge in [-0.05, 0) is 25.0 Å². The largest absolute Gasteiger partial charge is 0.445 e. The van der Waals surface area contributed by atoms with Crippen molar-refractivity contribution in [3.8, 4) is 0 Å². The predicted octanol–water partition coefficient (Wildman–Crippen LogP) is 3.05. The average Bonchev–Trinajstić information content (AvgIpc) is 2.60. The van der Waals surface area contributed by atoms with Crippen molar-refractivity contribution in [1.29, 1.82) is 0 Å². The minimum atomic E-state index is -0.687.